The molecule has 184 valence electrons. The number of benzene rings is 2. The number of likely N-dealkylation sites (tertiary alicyclic amines) is 1. The molecule has 2 aromatic rings. The number of piperidine rings is 1. The van der Waals surface area contributed by atoms with Crippen LogP contribution in [0.5, 0.6) is 5.75 Å². The van der Waals surface area contributed by atoms with Crippen molar-refractivity contribution in [1.82, 2.24) is 15.1 Å². The van der Waals surface area contributed by atoms with E-state index in [0.29, 0.717) is 43.8 Å². The van der Waals surface area contributed by atoms with Gasteiger partial charge in [0.1, 0.15) is 17.5 Å². The second-order valence-electron chi connectivity index (χ2n) is 9.48. The molecule has 2 aromatic carbocycles. The molecule has 8 nitrogen and oxygen atoms in total. The van der Waals surface area contributed by atoms with Crippen molar-refractivity contribution in [3.8, 4) is 5.75 Å². The van der Waals surface area contributed by atoms with Crippen LogP contribution in [-0.4, -0.2) is 66.1 Å². The van der Waals surface area contributed by atoms with Gasteiger partial charge in [-0.3, -0.25) is 19.3 Å². The zero-order valence-corrected chi connectivity index (χ0v) is 19.9. The first kappa shape index (κ1) is 23.4. The molecule has 1 N–H and O–H groups in total. The van der Waals surface area contributed by atoms with Gasteiger partial charge in [0.25, 0.3) is 5.91 Å². The summed E-state index contributed by atoms with van der Waals surface area (Å²) in [4.78, 5) is 43.2. The molecule has 5 rings (SSSR count). The van der Waals surface area contributed by atoms with Crippen molar-refractivity contribution in [2.45, 2.75) is 44.0 Å². The van der Waals surface area contributed by atoms with E-state index in [4.69, 9.17) is 9.47 Å². The number of nitrogens with zero attached hydrogens (tertiary/aromatic N) is 2. The van der Waals surface area contributed by atoms with Gasteiger partial charge in [-0.25, -0.2) is 0 Å². The molecule has 2 aliphatic heterocycles. The summed E-state index contributed by atoms with van der Waals surface area (Å²) in [5.41, 5.74) is 0.494. The van der Waals surface area contributed by atoms with Crippen molar-refractivity contribution in [3.05, 3.63) is 65.7 Å². The van der Waals surface area contributed by atoms with Crippen LogP contribution < -0.4 is 10.1 Å². The number of rotatable bonds is 6. The van der Waals surface area contributed by atoms with Gasteiger partial charge in [-0.2, -0.15) is 0 Å². The van der Waals surface area contributed by atoms with Gasteiger partial charge in [0.15, 0.2) is 0 Å². The van der Waals surface area contributed by atoms with E-state index in [-0.39, 0.29) is 30.2 Å². The van der Waals surface area contributed by atoms with E-state index in [1.807, 2.05) is 35.2 Å². The first-order chi connectivity index (χ1) is 17.0. The molecule has 0 bridgehead atoms. The highest BCUT2D eigenvalue weighted by Gasteiger charge is 2.54. The van der Waals surface area contributed by atoms with Crippen LogP contribution in [0.15, 0.2) is 54.6 Å². The van der Waals surface area contributed by atoms with Gasteiger partial charge in [0, 0.05) is 44.0 Å². The highest BCUT2D eigenvalue weighted by molar-refractivity contribution is 5.98. The summed E-state index contributed by atoms with van der Waals surface area (Å²) in [7, 11) is 1.55. The van der Waals surface area contributed by atoms with Crippen LogP contribution in [0.2, 0.25) is 0 Å². The van der Waals surface area contributed by atoms with Gasteiger partial charge in [0.05, 0.1) is 13.7 Å². The lowest BCUT2D eigenvalue weighted by Crippen LogP contribution is -2.59. The Kier molecular flexibility index (Phi) is 6.47. The van der Waals surface area contributed by atoms with Crippen LogP contribution in [0.4, 0.5) is 0 Å². The lowest BCUT2D eigenvalue weighted by atomic mass is 9.96. The minimum absolute atomic E-state index is 0.118. The molecule has 0 radical (unpaired) electrons. The topological polar surface area (TPSA) is 88.2 Å². The van der Waals surface area contributed by atoms with Gasteiger partial charge >= 0.3 is 0 Å². The molecule has 1 atom stereocenters. The fourth-order valence-corrected chi connectivity index (χ4v) is 5.03. The second-order valence-corrected chi connectivity index (χ2v) is 9.48. The third-order valence-corrected chi connectivity index (χ3v) is 7.19. The van der Waals surface area contributed by atoms with Gasteiger partial charge in [0.2, 0.25) is 11.8 Å². The summed E-state index contributed by atoms with van der Waals surface area (Å²) in [5.74, 6) is 0.391. The number of methoxy groups -OCH3 is 1. The van der Waals surface area contributed by atoms with E-state index < -0.39 is 11.8 Å². The summed E-state index contributed by atoms with van der Waals surface area (Å²) in [6.45, 7) is 1.51. The van der Waals surface area contributed by atoms with Crippen molar-refractivity contribution in [1.29, 1.82) is 0 Å². The fraction of sp³-hybridized carbons (Fsp3) is 0.444. The van der Waals surface area contributed by atoms with Crippen molar-refractivity contribution in [2.24, 2.45) is 5.92 Å². The first-order valence-electron chi connectivity index (χ1n) is 12.2. The Hall–Kier alpha value is -3.39. The zero-order valence-electron chi connectivity index (χ0n) is 19.9. The molecule has 1 unspecified atom stereocenters. The van der Waals surface area contributed by atoms with Crippen molar-refractivity contribution < 1.29 is 23.9 Å². The van der Waals surface area contributed by atoms with Crippen LogP contribution in [-0.2, 0) is 20.9 Å². The molecule has 1 spiro atoms. The Bertz CT molecular complexity index is 1090. The predicted molar refractivity (Wildman–Crippen MR) is 128 cm³/mol. The zero-order chi connectivity index (χ0) is 24.4. The molecule has 3 fully saturated rings. The number of hydrogen-bond donors (Lipinski definition) is 1. The monoisotopic (exact) mass is 477 g/mol. The smallest absolute Gasteiger partial charge is 0.257 e. The molecule has 3 amide bonds. The molecule has 1 aliphatic carbocycles. The van der Waals surface area contributed by atoms with Crippen LogP contribution >= 0.6 is 0 Å². The summed E-state index contributed by atoms with van der Waals surface area (Å²) in [6.07, 6.45) is 2.87. The molecule has 2 heterocycles. The largest absolute Gasteiger partial charge is 0.497 e. The van der Waals surface area contributed by atoms with Gasteiger partial charge in [-0.1, -0.05) is 36.4 Å². The van der Waals surface area contributed by atoms with E-state index in [9.17, 15) is 14.4 Å². The summed E-state index contributed by atoms with van der Waals surface area (Å²) in [5, 5.41) is 2.97. The average molecular weight is 478 g/mol. The number of carbonyl (C=O) groups is 3. The number of hydrogen-bond acceptors (Lipinski definition) is 5. The summed E-state index contributed by atoms with van der Waals surface area (Å²) in [6, 6.07) is 15.8. The van der Waals surface area contributed by atoms with E-state index in [2.05, 4.69) is 5.32 Å². The Morgan fingerprint density at radius 3 is 2.49 bits per heavy atom. The lowest BCUT2D eigenvalue weighted by Gasteiger charge is -2.44. The maximum absolute atomic E-state index is 13.8. The molecular formula is C27H31N3O5. The summed E-state index contributed by atoms with van der Waals surface area (Å²) >= 11 is 0. The number of nitrogens with one attached hydrogen (secondary N) is 1. The molecular weight excluding hydrogens is 446 g/mol. The third kappa shape index (κ3) is 4.75. The van der Waals surface area contributed by atoms with Crippen LogP contribution in [0.1, 0.15) is 41.6 Å². The maximum Gasteiger partial charge on any atom is 0.257 e. The minimum Gasteiger partial charge on any atom is -0.497 e. The van der Waals surface area contributed by atoms with Gasteiger partial charge in [-0.05, 0) is 36.6 Å². The molecule has 3 aliphatic rings. The SMILES string of the molecule is COc1cccc(C(=O)N2C(C(=O)NCc3ccccc3)COC23CCN(C(=O)C2CC2)CC3)c1. The average Bonchev–Trinajstić information content (AvgIpc) is 3.70. The van der Waals surface area contributed by atoms with Gasteiger partial charge < -0.3 is 19.7 Å². The fourth-order valence-electron chi connectivity index (χ4n) is 5.03. The predicted octanol–water partition coefficient (Wildman–Crippen LogP) is 2.58. The number of ether oxygens (including phenoxy) is 2. The van der Waals surface area contributed by atoms with E-state index in [1.54, 1.807) is 36.3 Å². The molecule has 1 saturated carbocycles. The Morgan fingerprint density at radius 2 is 1.80 bits per heavy atom. The van der Waals surface area contributed by atoms with Crippen molar-refractivity contribution in [3.63, 3.8) is 0 Å². The van der Waals surface area contributed by atoms with E-state index in [1.165, 1.54) is 0 Å². The summed E-state index contributed by atoms with van der Waals surface area (Å²) < 4.78 is 11.6. The molecule has 0 aromatic heterocycles. The minimum atomic E-state index is -0.921. The van der Waals surface area contributed by atoms with E-state index in [0.717, 1.165) is 18.4 Å². The second kappa shape index (κ2) is 9.70. The van der Waals surface area contributed by atoms with Crippen molar-refractivity contribution in [2.75, 3.05) is 26.8 Å². The highest BCUT2D eigenvalue weighted by atomic mass is 16.5. The Labute approximate surface area is 205 Å². The van der Waals surface area contributed by atoms with Crippen molar-refractivity contribution >= 4 is 17.7 Å². The highest BCUT2D eigenvalue weighted by Crippen LogP contribution is 2.40. The quantitative estimate of drug-likeness (QED) is 0.691. The standard InChI is InChI=1S/C27H31N3O5/c1-34-22-9-5-8-21(16-22)26(33)30-23(24(31)28-17-19-6-3-2-4-7-19)18-35-27(30)12-14-29(15-13-27)25(32)20-10-11-20/h2-9,16,20,23H,10-15,17-18H2,1H3,(H,28,31). The molecule has 35 heavy (non-hydrogen) atoms. The number of amides is 3. The number of carbonyl (C=O) groups excluding carboxylic acids is 3. The first-order valence-corrected chi connectivity index (χ1v) is 12.2. The van der Waals surface area contributed by atoms with E-state index >= 15 is 0 Å². The Morgan fingerprint density at radius 1 is 1.06 bits per heavy atom. The lowest BCUT2D eigenvalue weighted by molar-refractivity contribution is -0.144. The van der Waals surface area contributed by atoms with Crippen LogP contribution in [0.3, 0.4) is 0 Å². The molecule has 2 saturated heterocycles. The Balaban J connectivity index is 1.37. The third-order valence-electron chi connectivity index (χ3n) is 7.19. The normalized spacial score (nSPS) is 21.1. The van der Waals surface area contributed by atoms with Crippen LogP contribution in [0.25, 0.3) is 0 Å². The van der Waals surface area contributed by atoms with Crippen LogP contribution in [0, 0.1) is 5.92 Å². The maximum atomic E-state index is 13.8. The molecule has 8 heteroatoms. The van der Waals surface area contributed by atoms with Gasteiger partial charge in [-0.15, -0.1) is 0 Å².